The fraction of sp³-hybridized carbons (Fsp3) is 0.600. The van der Waals surface area contributed by atoms with Crippen LogP contribution in [-0.2, 0) is 0 Å². The van der Waals surface area contributed by atoms with Gasteiger partial charge in [0.1, 0.15) is 0 Å². The zero-order valence-electron chi connectivity index (χ0n) is 7.70. The van der Waals surface area contributed by atoms with Gasteiger partial charge in [0.15, 0.2) is 0 Å². The summed E-state index contributed by atoms with van der Waals surface area (Å²) >= 11 is 0. The first-order chi connectivity index (χ1) is 5.16. The van der Waals surface area contributed by atoms with Crippen molar-refractivity contribution in [2.75, 3.05) is 7.05 Å². The van der Waals surface area contributed by atoms with E-state index in [4.69, 9.17) is 0 Å². The average Bonchev–Trinajstić information content (AvgIpc) is 2.68. The van der Waals surface area contributed by atoms with Crippen molar-refractivity contribution in [1.82, 2.24) is 5.32 Å². The molecule has 0 saturated heterocycles. The molecule has 0 aromatic carbocycles. The monoisotopic (exact) mass is 151 g/mol. The van der Waals surface area contributed by atoms with Crippen LogP contribution < -0.4 is 5.32 Å². The maximum absolute atomic E-state index is 3.94. The SMILES string of the molecule is C=C(C)/C(NC)=C(/C)C1CC1. The summed E-state index contributed by atoms with van der Waals surface area (Å²) in [6.07, 6.45) is 2.73. The Bertz CT molecular complexity index is 197. The van der Waals surface area contributed by atoms with Crippen molar-refractivity contribution in [3.8, 4) is 0 Å². The Morgan fingerprint density at radius 1 is 1.36 bits per heavy atom. The third-order valence-electron chi connectivity index (χ3n) is 2.26. The Balaban J connectivity index is 2.77. The molecule has 62 valence electrons. The van der Waals surface area contributed by atoms with E-state index in [0.29, 0.717) is 0 Å². The van der Waals surface area contributed by atoms with Gasteiger partial charge in [-0.2, -0.15) is 0 Å². The molecule has 1 rings (SSSR count). The molecule has 0 aromatic heterocycles. The maximum Gasteiger partial charge on any atom is 0.0353 e. The number of nitrogens with one attached hydrogen (secondary N) is 1. The van der Waals surface area contributed by atoms with Gasteiger partial charge >= 0.3 is 0 Å². The maximum atomic E-state index is 3.94. The molecule has 11 heavy (non-hydrogen) atoms. The summed E-state index contributed by atoms with van der Waals surface area (Å²) in [5.41, 5.74) is 3.89. The number of allylic oxidation sites excluding steroid dienone is 2. The highest BCUT2D eigenvalue weighted by atomic mass is 14.8. The Hall–Kier alpha value is -0.720. The summed E-state index contributed by atoms with van der Waals surface area (Å²) in [5, 5.41) is 3.20. The molecular formula is C10H17N. The fourth-order valence-electron chi connectivity index (χ4n) is 1.47. The molecule has 0 unspecified atom stereocenters. The summed E-state index contributed by atoms with van der Waals surface area (Å²) in [5.74, 6) is 0.842. The Morgan fingerprint density at radius 2 is 1.91 bits per heavy atom. The summed E-state index contributed by atoms with van der Waals surface area (Å²) in [6.45, 7) is 8.20. The molecule has 1 saturated carbocycles. The van der Waals surface area contributed by atoms with Gasteiger partial charge in [0.05, 0.1) is 0 Å². The van der Waals surface area contributed by atoms with E-state index < -0.39 is 0 Å². The summed E-state index contributed by atoms with van der Waals surface area (Å²) in [4.78, 5) is 0. The van der Waals surface area contributed by atoms with Gasteiger partial charge < -0.3 is 5.32 Å². The van der Waals surface area contributed by atoms with Crippen LogP contribution in [0.15, 0.2) is 23.4 Å². The van der Waals surface area contributed by atoms with Crippen molar-refractivity contribution in [3.63, 3.8) is 0 Å². The lowest BCUT2D eigenvalue weighted by molar-refractivity contribution is 0.896. The molecule has 0 heterocycles. The van der Waals surface area contributed by atoms with Crippen LogP contribution in [0.2, 0.25) is 0 Å². The van der Waals surface area contributed by atoms with E-state index in [-0.39, 0.29) is 0 Å². The first-order valence-electron chi connectivity index (χ1n) is 4.21. The summed E-state index contributed by atoms with van der Waals surface area (Å²) in [7, 11) is 1.97. The first-order valence-corrected chi connectivity index (χ1v) is 4.21. The van der Waals surface area contributed by atoms with Crippen LogP contribution in [0.5, 0.6) is 0 Å². The normalized spacial score (nSPS) is 19.2. The first kappa shape index (κ1) is 8.38. The Morgan fingerprint density at radius 3 is 2.18 bits per heavy atom. The lowest BCUT2D eigenvalue weighted by Crippen LogP contribution is -2.09. The standard InChI is InChI=1S/C10H17N/c1-7(2)10(11-4)8(3)9-5-6-9/h9,11H,1,5-6H2,2-4H3/b10-8+. The topological polar surface area (TPSA) is 12.0 Å². The second-order valence-corrected chi connectivity index (χ2v) is 3.36. The molecule has 0 spiro atoms. The minimum Gasteiger partial charge on any atom is -0.388 e. The van der Waals surface area contributed by atoms with Crippen LogP contribution in [0, 0.1) is 5.92 Å². The highest BCUT2D eigenvalue weighted by molar-refractivity contribution is 5.31. The largest absolute Gasteiger partial charge is 0.388 e. The Labute approximate surface area is 69.2 Å². The van der Waals surface area contributed by atoms with Crippen molar-refractivity contribution in [2.24, 2.45) is 5.92 Å². The van der Waals surface area contributed by atoms with Crippen molar-refractivity contribution in [3.05, 3.63) is 23.4 Å². The lowest BCUT2D eigenvalue weighted by Gasteiger charge is -2.10. The molecule has 0 aromatic rings. The van der Waals surface area contributed by atoms with E-state index in [2.05, 4.69) is 25.7 Å². The number of hydrogen-bond donors (Lipinski definition) is 1. The second-order valence-electron chi connectivity index (χ2n) is 3.36. The van der Waals surface area contributed by atoms with Gasteiger partial charge in [-0.1, -0.05) is 6.58 Å². The Kier molecular flexibility index (Phi) is 2.38. The molecule has 1 N–H and O–H groups in total. The molecule has 0 atom stereocenters. The van der Waals surface area contributed by atoms with Crippen LogP contribution in [-0.4, -0.2) is 7.05 Å². The predicted octanol–water partition coefficient (Wildman–Crippen LogP) is 2.47. The third-order valence-corrected chi connectivity index (χ3v) is 2.26. The van der Waals surface area contributed by atoms with E-state index in [0.717, 1.165) is 11.5 Å². The van der Waals surface area contributed by atoms with E-state index in [1.54, 1.807) is 0 Å². The molecule has 0 radical (unpaired) electrons. The van der Waals surface area contributed by atoms with Crippen LogP contribution in [0.3, 0.4) is 0 Å². The van der Waals surface area contributed by atoms with Gasteiger partial charge in [0, 0.05) is 12.7 Å². The third kappa shape index (κ3) is 1.86. The van der Waals surface area contributed by atoms with Gasteiger partial charge in [-0.15, -0.1) is 0 Å². The van der Waals surface area contributed by atoms with Gasteiger partial charge in [0.25, 0.3) is 0 Å². The van der Waals surface area contributed by atoms with Crippen molar-refractivity contribution in [1.29, 1.82) is 0 Å². The minimum absolute atomic E-state index is 0.842. The highest BCUT2D eigenvalue weighted by Gasteiger charge is 2.25. The van der Waals surface area contributed by atoms with E-state index >= 15 is 0 Å². The van der Waals surface area contributed by atoms with Gasteiger partial charge in [-0.05, 0) is 43.8 Å². The zero-order valence-corrected chi connectivity index (χ0v) is 7.70. The minimum atomic E-state index is 0.842. The van der Waals surface area contributed by atoms with Crippen molar-refractivity contribution < 1.29 is 0 Å². The quantitative estimate of drug-likeness (QED) is 0.611. The van der Waals surface area contributed by atoms with Gasteiger partial charge in [-0.25, -0.2) is 0 Å². The predicted molar refractivity (Wildman–Crippen MR) is 49.3 cm³/mol. The smallest absolute Gasteiger partial charge is 0.0353 e. The second kappa shape index (κ2) is 3.12. The van der Waals surface area contributed by atoms with Crippen LogP contribution in [0.1, 0.15) is 26.7 Å². The van der Waals surface area contributed by atoms with Crippen molar-refractivity contribution in [2.45, 2.75) is 26.7 Å². The highest BCUT2D eigenvalue weighted by Crippen LogP contribution is 2.38. The summed E-state index contributed by atoms with van der Waals surface area (Å²) in [6, 6.07) is 0. The molecule has 1 heteroatoms. The molecule has 1 aliphatic carbocycles. The molecular weight excluding hydrogens is 134 g/mol. The average molecular weight is 151 g/mol. The number of likely N-dealkylation sites (N-methyl/N-ethyl adjacent to an activating group) is 1. The molecule has 1 aliphatic rings. The molecule has 1 nitrogen and oxygen atoms in total. The van der Waals surface area contributed by atoms with E-state index in [1.165, 1.54) is 24.1 Å². The molecule has 0 aliphatic heterocycles. The molecule has 0 bridgehead atoms. The number of hydrogen-bond acceptors (Lipinski definition) is 1. The van der Waals surface area contributed by atoms with E-state index in [1.807, 2.05) is 7.05 Å². The fourth-order valence-corrected chi connectivity index (χ4v) is 1.47. The molecule has 0 amide bonds. The zero-order chi connectivity index (χ0) is 8.43. The van der Waals surface area contributed by atoms with Gasteiger partial charge in [-0.3, -0.25) is 0 Å². The van der Waals surface area contributed by atoms with Gasteiger partial charge in [0.2, 0.25) is 0 Å². The van der Waals surface area contributed by atoms with Crippen LogP contribution in [0.4, 0.5) is 0 Å². The van der Waals surface area contributed by atoms with Crippen LogP contribution in [0.25, 0.3) is 0 Å². The lowest BCUT2D eigenvalue weighted by atomic mass is 10.1. The molecule has 1 fully saturated rings. The van der Waals surface area contributed by atoms with E-state index in [9.17, 15) is 0 Å². The summed E-state index contributed by atoms with van der Waals surface area (Å²) < 4.78 is 0. The van der Waals surface area contributed by atoms with Crippen LogP contribution >= 0.6 is 0 Å². The number of rotatable bonds is 3. The van der Waals surface area contributed by atoms with Crippen molar-refractivity contribution >= 4 is 0 Å².